The Morgan fingerprint density at radius 1 is 1.39 bits per heavy atom. The molecule has 2 aromatic heterocycles. The summed E-state index contributed by atoms with van der Waals surface area (Å²) in [6.45, 7) is -0.0639. The van der Waals surface area contributed by atoms with E-state index in [2.05, 4.69) is 19.9 Å². The van der Waals surface area contributed by atoms with Crippen molar-refractivity contribution in [3.05, 3.63) is 6.33 Å². The van der Waals surface area contributed by atoms with Crippen molar-refractivity contribution < 1.29 is 10.2 Å². The maximum absolute atomic E-state index is 11.1. The number of aromatic nitrogens is 4. The lowest BCUT2D eigenvalue weighted by Gasteiger charge is -2.30. The van der Waals surface area contributed by atoms with Gasteiger partial charge in [-0.05, 0) is 32.1 Å². The molecule has 0 amide bonds. The fraction of sp³-hybridized carbons (Fsp3) is 0.667. The van der Waals surface area contributed by atoms with Crippen LogP contribution in [-0.4, -0.2) is 49.4 Å². The first-order chi connectivity index (χ1) is 11.0. The summed E-state index contributed by atoms with van der Waals surface area (Å²) in [4.78, 5) is 15.2. The first-order valence-electron chi connectivity index (χ1n) is 8.11. The van der Waals surface area contributed by atoms with Crippen molar-refractivity contribution in [3.63, 3.8) is 0 Å². The molecule has 0 aliphatic heterocycles. The SMILES string of the molecule is CN(c1nc(N)nc2c1ncn2C1(O)CCCC1CO)C1CC1. The van der Waals surface area contributed by atoms with E-state index in [0.717, 1.165) is 25.7 Å². The molecule has 0 radical (unpaired) electrons. The minimum atomic E-state index is -1.17. The smallest absolute Gasteiger partial charge is 0.224 e. The highest BCUT2D eigenvalue weighted by atomic mass is 16.3. The number of nitrogens with two attached hydrogens (primary N) is 1. The second-order valence-corrected chi connectivity index (χ2v) is 6.68. The zero-order chi connectivity index (χ0) is 16.2. The minimum absolute atomic E-state index is 0.0639. The van der Waals surface area contributed by atoms with Crippen LogP contribution in [0, 0.1) is 5.92 Å². The molecule has 8 heteroatoms. The number of imidazole rings is 1. The molecule has 2 aliphatic rings. The van der Waals surface area contributed by atoms with Gasteiger partial charge >= 0.3 is 0 Å². The predicted octanol–water partition coefficient (Wildman–Crippen LogP) is 0.445. The summed E-state index contributed by atoms with van der Waals surface area (Å²) in [7, 11) is 1.98. The Kier molecular flexibility index (Phi) is 3.21. The van der Waals surface area contributed by atoms with Crippen molar-refractivity contribution in [2.24, 2.45) is 5.92 Å². The molecular weight excluding hydrogens is 296 g/mol. The molecule has 0 spiro atoms. The fourth-order valence-corrected chi connectivity index (χ4v) is 3.66. The number of anilines is 2. The first kappa shape index (κ1) is 14.6. The third-order valence-electron chi connectivity index (χ3n) is 5.21. The number of fused-ring (bicyclic) bond motifs is 1. The average molecular weight is 318 g/mol. The lowest BCUT2D eigenvalue weighted by atomic mass is 10.0. The van der Waals surface area contributed by atoms with Crippen LogP contribution < -0.4 is 10.6 Å². The molecule has 2 aliphatic carbocycles. The normalized spacial score (nSPS) is 27.7. The third kappa shape index (κ3) is 2.16. The summed E-state index contributed by atoms with van der Waals surface area (Å²) in [5, 5.41) is 20.7. The van der Waals surface area contributed by atoms with E-state index in [0.29, 0.717) is 29.4 Å². The Hall–Kier alpha value is -1.93. The Morgan fingerprint density at radius 2 is 2.17 bits per heavy atom. The van der Waals surface area contributed by atoms with Crippen LogP contribution in [0.5, 0.6) is 0 Å². The van der Waals surface area contributed by atoms with Gasteiger partial charge in [-0.25, -0.2) is 4.98 Å². The highest BCUT2D eigenvalue weighted by Gasteiger charge is 2.44. The molecule has 124 valence electrons. The summed E-state index contributed by atoms with van der Waals surface area (Å²) in [6, 6.07) is 0.470. The van der Waals surface area contributed by atoms with Gasteiger partial charge in [-0.1, -0.05) is 0 Å². The van der Waals surface area contributed by atoms with Gasteiger partial charge in [0, 0.05) is 19.0 Å². The van der Waals surface area contributed by atoms with Gasteiger partial charge in [0.2, 0.25) is 5.95 Å². The van der Waals surface area contributed by atoms with Crippen molar-refractivity contribution in [2.45, 2.75) is 43.9 Å². The molecule has 23 heavy (non-hydrogen) atoms. The van der Waals surface area contributed by atoms with Crippen molar-refractivity contribution in [3.8, 4) is 0 Å². The summed E-state index contributed by atoms with van der Waals surface area (Å²) in [6.07, 6.45) is 6.08. The summed E-state index contributed by atoms with van der Waals surface area (Å²) >= 11 is 0. The van der Waals surface area contributed by atoms with Crippen molar-refractivity contribution in [2.75, 3.05) is 24.3 Å². The molecule has 4 N–H and O–H groups in total. The third-order valence-corrected chi connectivity index (χ3v) is 5.21. The molecule has 0 aromatic carbocycles. The topological polar surface area (TPSA) is 113 Å². The number of nitrogens with zero attached hydrogens (tertiary/aromatic N) is 5. The lowest BCUT2D eigenvalue weighted by molar-refractivity contribution is -0.0844. The number of hydrogen-bond donors (Lipinski definition) is 3. The van der Waals surface area contributed by atoms with Crippen LogP contribution in [0.3, 0.4) is 0 Å². The van der Waals surface area contributed by atoms with Gasteiger partial charge in [-0.15, -0.1) is 0 Å². The van der Waals surface area contributed by atoms with E-state index in [1.165, 1.54) is 0 Å². The maximum Gasteiger partial charge on any atom is 0.224 e. The van der Waals surface area contributed by atoms with Gasteiger partial charge in [-0.3, -0.25) is 4.57 Å². The summed E-state index contributed by atoms with van der Waals surface area (Å²) in [5.74, 6) is 0.653. The first-order valence-corrected chi connectivity index (χ1v) is 8.11. The van der Waals surface area contributed by atoms with E-state index >= 15 is 0 Å². The van der Waals surface area contributed by atoms with Crippen LogP contribution in [0.15, 0.2) is 6.33 Å². The number of aliphatic hydroxyl groups excluding tert-OH is 1. The molecule has 2 heterocycles. The maximum atomic E-state index is 11.1. The molecule has 0 saturated heterocycles. The molecule has 8 nitrogen and oxygen atoms in total. The Labute approximate surface area is 134 Å². The zero-order valence-corrected chi connectivity index (χ0v) is 13.2. The lowest BCUT2D eigenvalue weighted by Crippen LogP contribution is -2.38. The molecule has 4 rings (SSSR count). The predicted molar refractivity (Wildman–Crippen MR) is 85.8 cm³/mol. The van der Waals surface area contributed by atoms with Crippen molar-refractivity contribution in [1.82, 2.24) is 19.5 Å². The van der Waals surface area contributed by atoms with Gasteiger partial charge in [0.05, 0.1) is 12.9 Å². The molecule has 0 bridgehead atoms. The molecule has 2 aromatic rings. The number of nitrogen functional groups attached to an aromatic ring is 1. The standard InChI is InChI=1S/C15H22N6O2/c1-20(10-4-5-10)12-11-13(19-14(16)18-12)21(8-17-11)15(23)6-2-3-9(15)7-22/h8-10,22-23H,2-7H2,1H3,(H2,16,18,19). The van der Waals surface area contributed by atoms with E-state index in [1.807, 2.05) is 7.05 Å². The molecule has 2 fully saturated rings. The van der Waals surface area contributed by atoms with E-state index in [-0.39, 0.29) is 18.5 Å². The zero-order valence-electron chi connectivity index (χ0n) is 13.2. The molecular formula is C15H22N6O2. The van der Waals surface area contributed by atoms with E-state index < -0.39 is 5.72 Å². The van der Waals surface area contributed by atoms with E-state index in [4.69, 9.17) is 5.73 Å². The van der Waals surface area contributed by atoms with Crippen LogP contribution in [0.2, 0.25) is 0 Å². The fourth-order valence-electron chi connectivity index (χ4n) is 3.66. The number of hydrogen-bond acceptors (Lipinski definition) is 7. The van der Waals surface area contributed by atoms with E-state index in [1.54, 1.807) is 10.9 Å². The Morgan fingerprint density at radius 3 is 2.87 bits per heavy atom. The quantitative estimate of drug-likeness (QED) is 0.749. The summed E-state index contributed by atoms with van der Waals surface area (Å²) < 4.78 is 1.67. The highest BCUT2D eigenvalue weighted by molar-refractivity contribution is 5.85. The van der Waals surface area contributed by atoms with Crippen molar-refractivity contribution >= 4 is 22.9 Å². The largest absolute Gasteiger partial charge is 0.396 e. The van der Waals surface area contributed by atoms with Gasteiger partial charge in [0.25, 0.3) is 0 Å². The highest BCUT2D eigenvalue weighted by Crippen LogP contribution is 2.42. The van der Waals surface area contributed by atoms with Crippen LogP contribution >= 0.6 is 0 Å². The second-order valence-electron chi connectivity index (χ2n) is 6.68. The average Bonchev–Trinajstić information content (AvgIpc) is 3.18. The van der Waals surface area contributed by atoms with Gasteiger partial charge < -0.3 is 20.8 Å². The van der Waals surface area contributed by atoms with Gasteiger partial charge in [-0.2, -0.15) is 9.97 Å². The van der Waals surface area contributed by atoms with Crippen LogP contribution in [0.4, 0.5) is 11.8 Å². The Balaban J connectivity index is 1.86. The van der Waals surface area contributed by atoms with Crippen LogP contribution in [0.25, 0.3) is 11.2 Å². The van der Waals surface area contributed by atoms with E-state index in [9.17, 15) is 10.2 Å². The Bertz CT molecular complexity index is 743. The summed E-state index contributed by atoms with van der Waals surface area (Å²) in [5.41, 5.74) is 5.91. The van der Waals surface area contributed by atoms with Crippen LogP contribution in [0.1, 0.15) is 32.1 Å². The number of rotatable bonds is 4. The van der Waals surface area contributed by atoms with Crippen molar-refractivity contribution in [1.29, 1.82) is 0 Å². The molecule has 2 atom stereocenters. The second kappa shape index (κ2) is 5.04. The molecule has 2 unspecified atom stereocenters. The van der Waals surface area contributed by atoms with Crippen LogP contribution in [-0.2, 0) is 5.72 Å². The molecule has 2 saturated carbocycles. The van der Waals surface area contributed by atoms with Gasteiger partial charge in [0.15, 0.2) is 17.0 Å². The van der Waals surface area contributed by atoms with Gasteiger partial charge in [0.1, 0.15) is 5.72 Å². The number of aliphatic hydroxyl groups is 2. The minimum Gasteiger partial charge on any atom is -0.396 e. The monoisotopic (exact) mass is 318 g/mol.